The zero-order valence-electron chi connectivity index (χ0n) is 14.5. The number of methoxy groups -OCH3 is 1. The number of carbonyl (C=O) groups excluding carboxylic acids is 1. The maximum Gasteiger partial charge on any atom is 0.264 e. The monoisotopic (exact) mass is 380 g/mol. The van der Waals surface area contributed by atoms with E-state index < -0.39 is 0 Å². The Morgan fingerprint density at radius 3 is 2.63 bits per heavy atom. The number of thiazole rings is 1. The van der Waals surface area contributed by atoms with Crippen LogP contribution in [0.3, 0.4) is 0 Å². The van der Waals surface area contributed by atoms with Crippen molar-refractivity contribution in [2.75, 3.05) is 19.0 Å². The number of anilines is 1. The summed E-state index contributed by atoms with van der Waals surface area (Å²) < 4.78 is 12.3. The Hall–Kier alpha value is -3.39. The Balaban J connectivity index is 1.47. The number of fused-ring (bicyclic) bond motifs is 1. The summed E-state index contributed by atoms with van der Waals surface area (Å²) in [6.45, 7) is -0.109. The van der Waals surface area contributed by atoms with Gasteiger partial charge in [-0.3, -0.25) is 10.1 Å². The van der Waals surface area contributed by atoms with Crippen LogP contribution >= 0.6 is 11.3 Å². The molecule has 1 amide bonds. The molecule has 27 heavy (non-hydrogen) atoms. The van der Waals surface area contributed by atoms with Gasteiger partial charge in [0.25, 0.3) is 11.9 Å². The second kappa shape index (κ2) is 7.46. The third kappa shape index (κ3) is 3.75. The van der Waals surface area contributed by atoms with Gasteiger partial charge in [-0.2, -0.15) is 4.98 Å². The highest BCUT2D eigenvalue weighted by atomic mass is 32.1. The summed E-state index contributed by atoms with van der Waals surface area (Å²) in [5.41, 5.74) is 1.88. The van der Waals surface area contributed by atoms with E-state index in [2.05, 4.69) is 15.4 Å². The van der Waals surface area contributed by atoms with Gasteiger partial charge in [-0.15, -0.1) is 16.4 Å². The van der Waals surface area contributed by atoms with E-state index in [1.54, 1.807) is 23.8 Å². The zero-order chi connectivity index (χ0) is 18.6. The first-order valence-electron chi connectivity index (χ1n) is 8.19. The van der Waals surface area contributed by atoms with Crippen LogP contribution in [0, 0.1) is 0 Å². The second-order valence-corrected chi connectivity index (χ2v) is 6.47. The first-order valence-corrected chi connectivity index (χ1v) is 9.07. The van der Waals surface area contributed by atoms with E-state index >= 15 is 0 Å². The van der Waals surface area contributed by atoms with E-state index in [0.717, 1.165) is 17.0 Å². The molecule has 0 atom stereocenters. The molecule has 1 N–H and O–H groups in total. The Kier molecular flexibility index (Phi) is 4.71. The Morgan fingerprint density at radius 1 is 1.11 bits per heavy atom. The van der Waals surface area contributed by atoms with Crippen LogP contribution in [-0.2, 0) is 4.79 Å². The Morgan fingerprint density at radius 2 is 1.89 bits per heavy atom. The van der Waals surface area contributed by atoms with E-state index in [-0.39, 0.29) is 18.5 Å². The fourth-order valence-electron chi connectivity index (χ4n) is 2.52. The first-order chi connectivity index (χ1) is 13.2. The summed E-state index contributed by atoms with van der Waals surface area (Å²) in [5, 5.41) is 9.02. The van der Waals surface area contributed by atoms with E-state index in [0.29, 0.717) is 10.7 Å². The van der Waals surface area contributed by atoms with Gasteiger partial charge in [0.05, 0.1) is 12.8 Å². The quantitative estimate of drug-likeness (QED) is 0.554. The highest BCUT2D eigenvalue weighted by molar-refractivity contribution is 7.15. The molecular formula is C19H16N4O3S. The molecule has 0 fully saturated rings. The molecule has 0 aliphatic heterocycles. The number of aromatic nitrogens is 3. The molecule has 2 aromatic carbocycles. The van der Waals surface area contributed by atoms with Gasteiger partial charge in [0.2, 0.25) is 4.96 Å². The summed E-state index contributed by atoms with van der Waals surface area (Å²) in [6, 6.07) is 16.8. The van der Waals surface area contributed by atoms with Crippen molar-refractivity contribution in [3.8, 4) is 22.8 Å². The molecule has 0 unspecified atom stereocenters. The molecule has 4 rings (SSSR count). The number of amides is 1. The van der Waals surface area contributed by atoms with Gasteiger partial charge >= 0.3 is 0 Å². The fraction of sp³-hybridized carbons (Fsp3) is 0.105. The average Bonchev–Trinajstić information content (AvgIpc) is 3.27. The Labute approximate surface area is 159 Å². The molecule has 0 radical (unpaired) electrons. The highest BCUT2D eigenvalue weighted by Crippen LogP contribution is 2.27. The number of benzene rings is 2. The van der Waals surface area contributed by atoms with E-state index in [1.165, 1.54) is 11.3 Å². The minimum absolute atomic E-state index is 0.109. The molecule has 0 spiro atoms. The predicted molar refractivity (Wildman–Crippen MR) is 103 cm³/mol. The van der Waals surface area contributed by atoms with Crippen LogP contribution in [-0.4, -0.2) is 34.2 Å². The smallest absolute Gasteiger partial charge is 0.264 e. The van der Waals surface area contributed by atoms with Crippen LogP contribution in [0.5, 0.6) is 11.5 Å². The van der Waals surface area contributed by atoms with Gasteiger partial charge in [0.15, 0.2) is 6.61 Å². The molecule has 4 aromatic rings. The molecule has 2 heterocycles. The molecule has 0 bridgehead atoms. The number of para-hydroxylation sites is 1. The third-order valence-electron chi connectivity index (χ3n) is 3.83. The van der Waals surface area contributed by atoms with Crippen LogP contribution in [0.25, 0.3) is 16.2 Å². The minimum Gasteiger partial charge on any atom is -0.497 e. The topological polar surface area (TPSA) is 77.8 Å². The van der Waals surface area contributed by atoms with Crippen LogP contribution in [0.1, 0.15) is 0 Å². The van der Waals surface area contributed by atoms with Gasteiger partial charge in [0.1, 0.15) is 11.5 Å². The molecular weight excluding hydrogens is 364 g/mol. The van der Waals surface area contributed by atoms with Crippen molar-refractivity contribution in [3.05, 3.63) is 60.0 Å². The summed E-state index contributed by atoms with van der Waals surface area (Å²) in [6.07, 6.45) is 0. The molecule has 2 aromatic heterocycles. The third-order valence-corrected chi connectivity index (χ3v) is 4.65. The van der Waals surface area contributed by atoms with Crippen molar-refractivity contribution in [2.45, 2.75) is 0 Å². The van der Waals surface area contributed by atoms with Crippen LogP contribution in [0.15, 0.2) is 60.0 Å². The van der Waals surface area contributed by atoms with Crippen LogP contribution in [0.2, 0.25) is 0 Å². The number of hydrogen-bond donors (Lipinski definition) is 1. The molecule has 0 saturated carbocycles. The van der Waals surface area contributed by atoms with Crippen LogP contribution in [0.4, 0.5) is 5.95 Å². The summed E-state index contributed by atoms with van der Waals surface area (Å²) in [4.78, 5) is 17.1. The van der Waals surface area contributed by atoms with E-state index in [1.807, 2.05) is 47.8 Å². The molecule has 7 nitrogen and oxygen atoms in total. The predicted octanol–water partition coefficient (Wildman–Crippen LogP) is 3.48. The number of rotatable bonds is 6. The lowest BCUT2D eigenvalue weighted by Crippen LogP contribution is -2.20. The number of carbonyl (C=O) groups is 1. The standard InChI is InChI=1S/C19H16N4O3S/c1-25-14-9-7-13(8-10-14)16-12-27-19-21-18(22-23(16)19)20-17(24)11-26-15-5-3-2-4-6-15/h2-10,12H,11H2,1H3,(H,20,22,24). The largest absolute Gasteiger partial charge is 0.497 e. The van der Waals surface area contributed by atoms with Crippen molar-refractivity contribution in [1.82, 2.24) is 14.6 Å². The highest BCUT2D eigenvalue weighted by Gasteiger charge is 2.13. The maximum absolute atomic E-state index is 12.1. The number of nitrogens with zero attached hydrogens (tertiary/aromatic N) is 3. The Bertz CT molecular complexity index is 1060. The summed E-state index contributed by atoms with van der Waals surface area (Å²) in [7, 11) is 1.63. The fourth-order valence-corrected chi connectivity index (χ4v) is 3.35. The molecule has 8 heteroatoms. The first kappa shape index (κ1) is 17.0. The SMILES string of the molecule is COc1ccc(-c2csc3nc(NC(=O)COc4ccccc4)nn23)cc1. The normalized spacial score (nSPS) is 10.7. The second-order valence-electron chi connectivity index (χ2n) is 5.63. The summed E-state index contributed by atoms with van der Waals surface area (Å²) >= 11 is 1.45. The molecule has 136 valence electrons. The van der Waals surface area contributed by atoms with Crippen molar-refractivity contribution in [1.29, 1.82) is 0 Å². The zero-order valence-corrected chi connectivity index (χ0v) is 15.3. The van der Waals surface area contributed by atoms with Crippen molar-refractivity contribution >= 4 is 28.2 Å². The molecule has 0 saturated heterocycles. The van der Waals surface area contributed by atoms with Gasteiger partial charge in [-0.05, 0) is 36.4 Å². The number of hydrogen-bond acceptors (Lipinski definition) is 6. The van der Waals surface area contributed by atoms with Gasteiger partial charge < -0.3 is 9.47 Å². The van der Waals surface area contributed by atoms with E-state index in [9.17, 15) is 4.79 Å². The average molecular weight is 380 g/mol. The number of nitrogens with one attached hydrogen (secondary N) is 1. The lowest BCUT2D eigenvalue weighted by molar-refractivity contribution is -0.118. The van der Waals surface area contributed by atoms with E-state index in [4.69, 9.17) is 9.47 Å². The number of ether oxygens (including phenoxy) is 2. The summed E-state index contributed by atoms with van der Waals surface area (Å²) in [5.74, 6) is 1.35. The lowest BCUT2D eigenvalue weighted by atomic mass is 10.2. The minimum atomic E-state index is -0.317. The van der Waals surface area contributed by atoms with Gasteiger partial charge in [0, 0.05) is 10.9 Å². The van der Waals surface area contributed by atoms with Crippen molar-refractivity contribution in [3.63, 3.8) is 0 Å². The lowest BCUT2D eigenvalue weighted by Gasteiger charge is -2.04. The van der Waals surface area contributed by atoms with Gasteiger partial charge in [-0.1, -0.05) is 18.2 Å². The molecule has 0 aliphatic carbocycles. The maximum atomic E-state index is 12.1. The van der Waals surface area contributed by atoms with Crippen LogP contribution < -0.4 is 14.8 Å². The van der Waals surface area contributed by atoms with Gasteiger partial charge in [-0.25, -0.2) is 4.52 Å². The van der Waals surface area contributed by atoms with Crippen molar-refractivity contribution < 1.29 is 14.3 Å². The van der Waals surface area contributed by atoms with Crippen molar-refractivity contribution in [2.24, 2.45) is 0 Å². The molecule has 0 aliphatic rings.